The number of nitrogens with zero attached hydrogens (tertiary/aromatic N) is 1. The summed E-state index contributed by atoms with van der Waals surface area (Å²) < 4.78 is 61.4. The van der Waals surface area contributed by atoms with Crippen molar-refractivity contribution in [3.63, 3.8) is 0 Å². The second-order valence-corrected chi connectivity index (χ2v) is 16.9. The van der Waals surface area contributed by atoms with Crippen molar-refractivity contribution in [2.75, 3.05) is 67.6 Å². The number of urea groups is 1. The molecule has 1 aliphatic rings. The number of nitrogens with one attached hydrogen (secondary N) is 4. The Bertz CT molecular complexity index is 2460. The lowest BCUT2D eigenvalue weighted by Gasteiger charge is -2.24. The van der Waals surface area contributed by atoms with Crippen LogP contribution in [0.3, 0.4) is 0 Å². The first kappa shape index (κ1) is 43.3. The Hall–Kier alpha value is -6.30. The highest BCUT2D eigenvalue weighted by atomic mass is 32.2. The number of anilines is 5. The highest BCUT2D eigenvalue weighted by Crippen LogP contribution is 2.40. The Labute approximate surface area is 348 Å². The molecule has 318 valence electrons. The number of sulfonamides is 1. The molecule has 1 aliphatic heterocycles. The summed E-state index contributed by atoms with van der Waals surface area (Å²) in [6.07, 6.45) is 2.83. The van der Waals surface area contributed by atoms with Crippen LogP contribution in [0.4, 0.5) is 33.4 Å². The van der Waals surface area contributed by atoms with Gasteiger partial charge in [-0.15, -0.1) is 0 Å². The average molecular weight is 844 g/mol. The molecule has 0 saturated carbocycles. The van der Waals surface area contributed by atoms with E-state index in [9.17, 15) is 18.0 Å². The van der Waals surface area contributed by atoms with Crippen LogP contribution in [0, 0.1) is 5.92 Å². The number of hydrogen-bond acceptors (Lipinski definition) is 12. The minimum Gasteiger partial charge on any atom is -0.497 e. The van der Waals surface area contributed by atoms with Gasteiger partial charge in [-0.2, -0.15) is 0 Å². The molecule has 6 rings (SSSR count). The first-order chi connectivity index (χ1) is 28.6. The molecule has 5 N–H and O–H groups in total. The van der Waals surface area contributed by atoms with Gasteiger partial charge in [0.1, 0.15) is 35.4 Å². The van der Waals surface area contributed by atoms with Crippen molar-refractivity contribution in [3.05, 3.63) is 90.6 Å². The van der Waals surface area contributed by atoms with Gasteiger partial charge in [-0.25, -0.2) is 18.2 Å². The molecule has 1 fully saturated rings. The first-order valence-electron chi connectivity index (χ1n) is 19.0. The van der Waals surface area contributed by atoms with Crippen LogP contribution in [-0.4, -0.2) is 83.5 Å². The highest BCUT2D eigenvalue weighted by Gasteiger charge is 2.30. The summed E-state index contributed by atoms with van der Waals surface area (Å²) in [5.41, 5.74) is 2.05. The average Bonchev–Trinajstić information content (AvgIpc) is 3.67. The summed E-state index contributed by atoms with van der Waals surface area (Å²) in [6.45, 7) is 6.95. The van der Waals surface area contributed by atoms with Gasteiger partial charge in [0.2, 0.25) is 10.0 Å². The SMILES string of the molecule is COc1cc(Nc2cc(Oc3ccc(NC(=O)Nc4cc(C(C)(C)C)cc(NS(C)(=O)=O)c4OC)c4ccccc34)ccn2)cc(OCCOCC2CC(C(=O)O)CO2)c1. The van der Waals surface area contributed by atoms with Crippen LogP contribution in [0.15, 0.2) is 85.1 Å². The predicted octanol–water partition coefficient (Wildman–Crippen LogP) is 7.99. The molecule has 0 aliphatic carbocycles. The van der Waals surface area contributed by atoms with Crippen LogP contribution in [0.5, 0.6) is 28.7 Å². The molecule has 17 heteroatoms. The van der Waals surface area contributed by atoms with Crippen LogP contribution in [-0.2, 0) is 29.7 Å². The summed E-state index contributed by atoms with van der Waals surface area (Å²) in [6, 6.07) is 22.6. The van der Waals surface area contributed by atoms with E-state index in [1.54, 1.807) is 67.9 Å². The third-order valence-electron chi connectivity index (χ3n) is 9.41. The van der Waals surface area contributed by atoms with Gasteiger partial charge in [-0.3, -0.25) is 9.52 Å². The van der Waals surface area contributed by atoms with Crippen LogP contribution < -0.4 is 39.6 Å². The zero-order chi connectivity index (χ0) is 43.0. The maximum Gasteiger partial charge on any atom is 0.323 e. The third-order valence-corrected chi connectivity index (χ3v) is 10.0. The number of benzene rings is 4. The highest BCUT2D eigenvalue weighted by molar-refractivity contribution is 7.92. The van der Waals surface area contributed by atoms with Crippen molar-refractivity contribution >= 4 is 61.4 Å². The van der Waals surface area contributed by atoms with Gasteiger partial charge in [0.05, 0.1) is 69.4 Å². The second kappa shape index (κ2) is 18.7. The third kappa shape index (κ3) is 11.5. The first-order valence-corrected chi connectivity index (χ1v) is 20.9. The summed E-state index contributed by atoms with van der Waals surface area (Å²) in [7, 11) is -0.692. The van der Waals surface area contributed by atoms with E-state index >= 15 is 0 Å². The summed E-state index contributed by atoms with van der Waals surface area (Å²) in [5, 5.41) is 19.6. The predicted molar refractivity (Wildman–Crippen MR) is 229 cm³/mol. The number of carboxylic acids is 1. The number of aromatic nitrogens is 1. The number of amides is 2. The van der Waals surface area contributed by atoms with Crippen LogP contribution in [0.1, 0.15) is 32.8 Å². The van der Waals surface area contributed by atoms with Crippen molar-refractivity contribution < 1.29 is 51.5 Å². The molecule has 5 aromatic rings. The van der Waals surface area contributed by atoms with E-state index in [-0.39, 0.29) is 55.1 Å². The fourth-order valence-corrected chi connectivity index (χ4v) is 7.04. The largest absolute Gasteiger partial charge is 0.497 e. The molecular weight excluding hydrogens is 795 g/mol. The number of hydrogen-bond donors (Lipinski definition) is 5. The number of pyridine rings is 1. The maximum atomic E-state index is 13.5. The summed E-state index contributed by atoms with van der Waals surface area (Å²) >= 11 is 0. The monoisotopic (exact) mass is 843 g/mol. The van der Waals surface area contributed by atoms with Gasteiger partial charge in [-0.05, 0) is 47.7 Å². The van der Waals surface area contributed by atoms with Crippen LogP contribution in [0.2, 0.25) is 0 Å². The summed E-state index contributed by atoms with van der Waals surface area (Å²) in [4.78, 5) is 29.1. The normalized spacial score (nSPS) is 15.2. The quantitative estimate of drug-likeness (QED) is 0.0564. The maximum absolute atomic E-state index is 13.5. The second-order valence-electron chi connectivity index (χ2n) is 15.1. The molecule has 2 amide bonds. The van der Waals surface area contributed by atoms with Crippen molar-refractivity contribution in [1.82, 2.24) is 4.98 Å². The molecule has 60 heavy (non-hydrogen) atoms. The number of ether oxygens (including phenoxy) is 6. The van der Waals surface area contributed by atoms with E-state index in [1.807, 2.05) is 45.0 Å². The van der Waals surface area contributed by atoms with Gasteiger partial charge in [-0.1, -0.05) is 45.0 Å². The Morgan fingerprint density at radius 2 is 1.60 bits per heavy atom. The standard InChI is InChI=1S/C43H49N5O11S/c1-43(2,3)27-18-36(40(55-5)37(19-27)48-60(6,52)53)47-42(51)46-35-11-12-38(34-10-8-7-9-33(34)35)59-29-13-14-44-39(23-29)45-28-20-30(54-4)22-31(21-28)57-16-15-56-25-32-17-26(24-58-32)41(49)50/h7-14,18-23,26,32,48H,15-17,24-25H2,1-6H3,(H,44,45)(H,49,50)(H2,46,47,51). The molecule has 1 saturated heterocycles. The van der Waals surface area contributed by atoms with E-state index in [1.165, 1.54) is 7.11 Å². The van der Waals surface area contributed by atoms with Crippen molar-refractivity contribution in [1.29, 1.82) is 0 Å². The Kier molecular flexibility index (Phi) is 13.5. The Balaban J connectivity index is 1.12. The molecular formula is C43H49N5O11S. The van der Waals surface area contributed by atoms with E-state index in [0.717, 1.165) is 17.2 Å². The number of carbonyl (C=O) groups is 2. The van der Waals surface area contributed by atoms with Gasteiger partial charge < -0.3 is 49.5 Å². The smallest absolute Gasteiger partial charge is 0.323 e. The zero-order valence-corrected chi connectivity index (χ0v) is 35.0. The van der Waals surface area contributed by atoms with E-state index in [0.29, 0.717) is 52.0 Å². The van der Waals surface area contributed by atoms with Crippen molar-refractivity contribution in [3.8, 4) is 28.7 Å². The lowest BCUT2D eigenvalue weighted by atomic mass is 9.86. The molecule has 4 aromatic carbocycles. The lowest BCUT2D eigenvalue weighted by Crippen LogP contribution is -2.22. The topological polar surface area (TPSA) is 205 Å². The van der Waals surface area contributed by atoms with Crippen molar-refractivity contribution in [2.24, 2.45) is 5.92 Å². The van der Waals surface area contributed by atoms with Gasteiger partial charge in [0.25, 0.3) is 0 Å². The lowest BCUT2D eigenvalue weighted by molar-refractivity contribution is -0.141. The van der Waals surface area contributed by atoms with E-state index in [2.05, 4.69) is 25.7 Å². The summed E-state index contributed by atoms with van der Waals surface area (Å²) in [5.74, 6) is 1.42. The molecule has 2 atom stereocenters. The molecule has 1 aromatic heterocycles. The number of rotatable bonds is 17. The van der Waals surface area contributed by atoms with Crippen molar-refractivity contribution in [2.45, 2.75) is 38.7 Å². The Morgan fingerprint density at radius 3 is 2.30 bits per heavy atom. The molecule has 0 radical (unpaired) electrons. The molecule has 0 spiro atoms. The number of fused-ring (bicyclic) bond motifs is 1. The fraction of sp³-hybridized carbons (Fsp3) is 0.326. The van der Waals surface area contributed by atoms with Gasteiger partial charge in [0, 0.05) is 46.9 Å². The number of carboxylic acid groups (broad SMARTS) is 1. The molecule has 2 heterocycles. The molecule has 16 nitrogen and oxygen atoms in total. The van der Waals surface area contributed by atoms with Crippen LogP contribution in [0.25, 0.3) is 10.8 Å². The van der Waals surface area contributed by atoms with Crippen LogP contribution >= 0.6 is 0 Å². The van der Waals surface area contributed by atoms with Gasteiger partial charge in [0.15, 0.2) is 5.75 Å². The zero-order valence-electron chi connectivity index (χ0n) is 34.2. The fourth-order valence-electron chi connectivity index (χ4n) is 6.49. The van der Waals surface area contributed by atoms with Gasteiger partial charge >= 0.3 is 12.0 Å². The Morgan fingerprint density at radius 1 is 0.867 bits per heavy atom. The minimum atomic E-state index is -3.65. The molecule has 0 bridgehead atoms. The van der Waals surface area contributed by atoms with E-state index in [4.69, 9.17) is 33.5 Å². The molecule has 2 unspecified atom stereocenters. The van der Waals surface area contributed by atoms with E-state index < -0.39 is 27.9 Å². The number of methoxy groups -OCH3 is 2. The number of carbonyl (C=O) groups excluding carboxylic acids is 1. The number of aliphatic carboxylic acids is 1. The minimum absolute atomic E-state index is 0.163.